The molecule has 32 heavy (non-hydrogen) atoms. The second-order valence-electron chi connectivity index (χ2n) is 8.06. The molecule has 7 nitrogen and oxygen atoms in total. The summed E-state index contributed by atoms with van der Waals surface area (Å²) in [4.78, 5) is 26.8. The first kappa shape index (κ1) is 23.9. The molecule has 1 unspecified atom stereocenters. The first-order chi connectivity index (χ1) is 15.3. The number of amides is 2. The van der Waals surface area contributed by atoms with E-state index in [9.17, 15) is 18.0 Å². The van der Waals surface area contributed by atoms with Crippen molar-refractivity contribution in [3.63, 3.8) is 0 Å². The fourth-order valence-corrected chi connectivity index (χ4v) is 5.14. The van der Waals surface area contributed by atoms with E-state index in [0.29, 0.717) is 31.6 Å². The SMILES string of the molecule is CCCN(CCC)C(=O)C(Cc1ccccc1)NS(=O)(=O)c1ccc2c(c1)CCC(=O)N2. The van der Waals surface area contributed by atoms with Crippen molar-refractivity contribution in [3.05, 3.63) is 59.7 Å². The topological polar surface area (TPSA) is 95.6 Å². The van der Waals surface area contributed by atoms with E-state index in [4.69, 9.17) is 0 Å². The summed E-state index contributed by atoms with van der Waals surface area (Å²) in [7, 11) is -3.95. The number of nitrogens with zero attached hydrogens (tertiary/aromatic N) is 1. The molecule has 1 aliphatic heterocycles. The van der Waals surface area contributed by atoms with Crippen LogP contribution in [0.4, 0.5) is 5.69 Å². The van der Waals surface area contributed by atoms with Crippen molar-refractivity contribution in [1.82, 2.24) is 9.62 Å². The Labute approximate surface area is 190 Å². The highest BCUT2D eigenvalue weighted by atomic mass is 32.2. The number of carbonyl (C=O) groups excluding carboxylic acids is 2. The van der Waals surface area contributed by atoms with Crippen LogP contribution in [0, 0.1) is 0 Å². The molecule has 0 bridgehead atoms. The van der Waals surface area contributed by atoms with Crippen LogP contribution in [0.15, 0.2) is 53.4 Å². The van der Waals surface area contributed by atoms with Gasteiger partial charge in [0.1, 0.15) is 6.04 Å². The van der Waals surface area contributed by atoms with Crippen molar-refractivity contribution in [3.8, 4) is 0 Å². The van der Waals surface area contributed by atoms with E-state index in [1.54, 1.807) is 17.0 Å². The van der Waals surface area contributed by atoms with Gasteiger partial charge in [-0.25, -0.2) is 8.42 Å². The summed E-state index contributed by atoms with van der Waals surface area (Å²) in [6.45, 7) is 5.16. The Balaban J connectivity index is 1.88. The molecule has 0 saturated carbocycles. The molecule has 0 radical (unpaired) electrons. The van der Waals surface area contributed by atoms with Crippen LogP contribution in [-0.2, 0) is 32.5 Å². The van der Waals surface area contributed by atoms with Gasteiger partial charge in [0.05, 0.1) is 4.90 Å². The van der Waals surface area contributed by atoms with Crippen LogP contribution < -0.4 is 10.0 Å². The van der Waals surface area contributed by atoms with Crippen molar-refractivity contribution >= 4 is 27.5 Å². The Morgan fingerprint density at radius 1 is 1.06 bits per heavy atom. The predicted octanol–water partition coefficient (Wildman–Crippen LogP) is 3.11. The fourth-order valence-electron chi connectivity index (χ4n) is 3.90. The zero-order valence-corrected chi connectivity index (χ0v) is 19.5. The maximum absolute atomic E-state index is 13.4. The molecule has 0 aromatic heterocycles. The zero-order valence-electron chi connectivity index (χ0n) is 18.6. The lowest BCUT2D eigenvalue weighted by Crippen LogP contribution is -2.50. The third-order valence-corrected chi connectivity index (χ3v) is 6.93. The van der Waals surface area contributed by atoms with Crippen LogP contribution in [0.1, 0.15) is 44.2 Å². The molecule has 0 saturated heterocycles. The highest BCUT2D eigenvalue weighted by molar-refractivity contribution is 7.89. The van der Waals surface area contributed by atoms with E-state index in [1.165, 1.54) is 6.07 Å². The maximum Gasteiger partial charge on any atom is 0.241 e. The van der Waals surface area contributed by atoms with E-state index in [0.717, 1.165) is 24.0 Å². The third-order valence-electron chi connectivity index (χ3n) is 5.46. The summed E-state index contributed by atoms with van der Waals surface area (Å²) in [5.74, 6) is -0.293. The van der Waals surface area contributed by atoms with Crippen LogP contribution in [0.2, 0.25) is 0 Å². The lowest BCUT2D eigenvalue weighted by Gasteiger charge is -2.27. The quantitative estimate of drug-likeness (QED) is 0.573. The summed E-state index contributed by atoms with van der Waals surface area (Å²) >= 11 is 0. The molecule has 0 fully saturated rings. The van der Waals surface area contributed by atoms with Gasteiger partial charge in [-0.3, -0.25) is 9.59 Å². The molecule has 1 aliphatic rings. The van der Waals surface area contributed by atoms with E-state index < -0.39 is 16.1 Å². The molecule has 0 spiro atoms. The van der Waals surface area contributed by atoms with Gasteiger partial charge in [0.15, 0.2) is 0 Å². The molecule has 2 N–H and O–H groups in total. The number of sulfonamides is 1. The highest BCUT2D eigenvalue weighted by Gasteiger charge is 2.30. The van der Waals surface area contributed by atoms with E-state index in [-0.39, 0.29) is 23.1 Å². The number of benzene rings is 2. The minimum atomic E-state index is -3.95. The number of nitrogens with one attached hydrogen (secondary N) is 2. The Hall–Kier alpha value is -2.71. The average Bonchev–Trinajstić information content (AvgIpc) is 2.78. The maximum atomic E-state index is 13.4. The van der Waals surface area contributed by atoms with Crippen molar-refractivity contribution in [1.29, 1.82) is 0 Å². The van der Waals surface area contributed by atoms with Gasteiger partial charge < -0.3 is 10.2 Å². The van der Waals surface area contributed by atoms with E-state index in [2.05, 4.69) is 10.0 Å². The van der Waals surface area contributed by atoms with Gasteiger partial charge >= 0.3 is 0 Å². The number of anilines is 1. The van der Waals surface area contributed by atoms with Crippen molar-refractivity contribution in [2.45, 2.75) is 56.9 Å². The normalized spacial score (nSPS) is 14.4. The molecule has 172 valence electrons. The zero-order chi connectivity index (χ0) is 23.1. The number of hydrogen-bond acceptors (Lipinski definition) is 4. The van der Waals surface area contributed by atoms with Crippen LogP contribution in [0.25, 0.3) is 0 Å². The molecule has 1 heterocycles. The van der Waals surface area contributed by atoms with Crippen LogP contribution in [0.5, 0.6) is 0 Å². The van der Waals surface area contributed by atoms with Crippen LogP contribution >= 0.6 is 0 Å². The minimum Gasteiger partial charge on any atom is -0.341 e. The summed E-state index contributed by atoms with van der Waals surface area (Å²) in [5.41, 5.74) is 2.29. The molecule has 1 atom stereocenters. The summed E-state index contributed by atoms with van der Waals surface area (Å²) in [6.07, 6.45) is 2.67. The lowest BCUT2D eigenvalue weighted by atomic mass is 10.0. The smallest absolute Gasteiger partial charge is 0.241 e. The molecular formula is C24H31N3O4S. The van der Waals surface area contributed by atoms with E-state index >= 15 is 0 Å². The number of fused-ring (bicyclic) bond motifs is 1. The van der Waals surface area contributed by atoms with Crippen molar-refractivity contribution in [2.75, 3.05) is 18.4 Å². The predicted molar refractivity (Wildman–Crippen MR) is 125 cm³/mol. The Morgan fingerprint density at radius 3 is 2.41 bits per heavy atom. The van der Waals surface area contributed by atoms with Crippen molar-refractivity contribution in [2.24, 2.45) is 0 Å². The molecule has 3 rings (SSSR count). The largest absolute Gasteiger partial charge is 0.341 e. The lowest BCUT2D eigenvalue weighted by molar-refractivity contribution is -0.133. The summed E-state index contributed by atoms with van der Waals surface area (Å²) in [5, 5.41) is 2.76. The second-order valence-corrected chi connectivity index (χ2v) is 9.77. The molecule has 2 aromatic carbocycles. The van der Waals surface area contributed by atoms with Gasteiger partial charge in [0.2, 0.25) is 21.8 Å². The first-order valence-electron chi connectivity index (χ1n) is 11.1. The Bertz CT molecular complexity index is 1050. The molecule has 8 heteroatoms. The van der Waals surface area contributed by atoms with E-state index in [1.807, 2.05) is 44.2 Å². The van der Waals surface area contributed by atoms with Gasteiger partial charge in [0.25, 0.3) is 0 Å². The fraction of sp³-hybridized carbons (Fsp3) is 0.417. The second kappa shape index (κ2) is 10.7. The molecule has 0 aliphatic carbocycles. The minimum absolute atomic E-state index is 0.0771. The average molecular weight is 458 g/mol. The Kier molecular flexibility index (Phi) is 8.04. The van der Waals surface area contributed by atoms with Gasteiger partial charge in [-0.15, -0.1) is 0 Å². The Morgan fingerprint density at radius 2 is 1.75 bits per heavy atom. The van der Waals surface area contributed by atoms with Gasteiger partial charge in [0, 0.05) is 25.2 Å². The standard InChI is InChI=1S/C24H31N3O4S/c1-3-14-27(15-4-2)24(29)22(16-18-8-6-5-7-9-18)26-32(30,31)20-11-12-21-19(17-20)10-13-23(28)25-21/h5-9,11-12,17,22,26H,3-4,10,13-16H2,1-2H3,(H,25,28). The van der Waals surface area contributed by atoms with Gasteiger partial charge in [-0.1, -0.05) is 44.2 Å². The third kappa shape index (κ3) is 5.95. The summed E-state index contributed by atoms with van der Waals surface area (Å²) in [6, 6.07) is 13.2. The van der Waals surface area contributed by atoms with Gasteiger partial charge in [-0.05, 0) is 55.0 Å². The highest BCUT2D eigenvalue weighted by Crippen LogP contribution is 2.25. The molecular weight excluding hydrogens is 426 g/mol. The number of carbonyl (C=O) groups is 2. The number of rotatable bonds is 10. The van der Waals surface area contributed by atoms with Crippen LogP contribution in [0.3, 0.4) is 0 Å². The molecule has 2 amide bonds. The number of aryl methyl sites for hydroxylation is 1. The monoisotopic (exact) mass is 457 g/mol. The molecule has 2 aromatic rings. The van der Waals surface area contributed by atoms with Crippen LogP contribution in [-0.4, -0.2) is 44.3 Å². The van der Waals surface area contributed by atoms with Crippen molar-refractivity contribution < 1.29 is 18.0 Å². The van der Waals surface area contributed by atoms with Gasteiger partial charge in [-0.2, -0.15) is 4.72 Å². The number of hydrogen-bond donors (Lipinski definition) is 2. The summed E-state index contributed by atoms with van der Waals surface area (Å²) < 4.78 is 29.2. The first-order valence-corrected chi connectivity index (χ1v) is 12.6.